The molecular formula is C22H42O3. The highest BCUT2D eigenvalue weighted by Crippen LogP contribution is 2.60. The van der Waals surface area contributed by atoms with Crippen LogP contribution >= 0.6 is 0 Å². The Balaban J connectivity index is 1.97. The number of fused-ring (bicyclic) bond motifs is 1. The predicted octanol–water partition coefficient (Wildman–Crippen LogP) is 4.94. The van der Waals surface area contributed by atoms with E-state index in [1.54, 1.807) is 0 Å². The number of aliphatic hydroxyl groups excluding tert-OH is 1. The maximum Gasteiger partial charge on any atom is 0.0880 e. The fourth-order valence-corrected chi connectivity index (χ4v) is 6.24. The number of rotatable bonds is 9. The van der Waals surface area contributed by atoms with E-state index in [-0.39, 0.29) is 16.9 Å². The Bertz CT molecular complexity index is 413. The fraction of sp³-hybridized carbons (Fsp3) is 1.00. The quantitative estimate of drug-likeness (QED) is 0.617. The number of ether oxygens (including phenoxy) is 1. The molecule has 3 heteroatoms. The Labute approximate surface area is 155 Å². The van der Waals surface area contributed by atoms with E-state index in [2.05, 4.69) is 34.6 Å². The molecule has 0 spiro atoms. The molecule has 0 aliphatic heterocycles. The molecule has 0 heterocycles. The number of hydrogen-bond donors (Lipinski definition) is 2. The summed E-state index contributed by atoms with van der Waals surface area (Å²) in [7, 11) is 0. The van der Waals surface area contributed by atoms with Gasteiger partial charge in [0.05, 0.1) is 24.9 Å². The normalized spacial score (nSPS) is 33.5. The molecule has 25 heavy (non-hydrogen) atoms. The van der Waals surface area contributed by atoms with Crippen LogP contribution in [0.2, 0.25) is 0 Å². The number of hydrogen-bond acceptors (Lipinski definition) is 3. The molecule has 0 aromatic rings. The molecule has 2 N–H and O–H groups in total. The average molecular weight is 355 g/mol. The summed E-state index contributed by atoms with van der Waals surface area (Å²) in [5.74, 6) is 1.05. The van der Waals surface area contributed by atoms with Gasteiger partial charge in [-0.1, -0.05) is 53.9 Å². The van der Waals surface area contributed by atoms with Gasteiger partial charge in [0, 0.05) is 0 Å². The first-order valence-electron chi connectivity index (χ1n) is 10.7. The molecule has 0 radical (unpaired) electrons. The summed E-state index contributed by atoms with van der Waals surface area (Å²) in [4.78, 5) is 0. The molecule has 0 aromatic heterocycles. The second-order valence-electron chi connectivity index (χ2n) is 9.91. The SMILES string of the molecule is CCCC(O)(CCC)COCC(C)(C)[C@H]1CC[C@H]2[C@@H](O)CCC[C@]12C. The lowest BCUT2D eigenvalue weighted by molar-refractivity contribution is -0.0992. The van der Waals surface area contributed by atoms with Crippen molar-refractivity contribution < 1.29 is 14.9 Å². The zero-order chi connectivity index (χ0) is 18.7. The molecule has 2 saturated carbocycles. The summed E-state index contributed by atoms with van der Waals surface area (Å²) >= 11 is 0. The Morgan fingerprint density at radius 3 is 2.28 bits per heavy atom. The third-order valence-corrected chi connectivity index (χ3v) is 7.31. The van der Waals surface area contributed by atoms with Gasteiger partial charge in [-0.05, 0) is 61.2 Å². The summed E-state index contributed by atoms with van der Waals surface area (Å²) in [6, 6.07) is 0. The first-order chi connectivity index (χ1) is 11.7. The second-order valence-corrected chi connectivity index (χ2v) is 9.91. The summed E-state index contributed by atoms with van der Waals surface area (Å²) in [6.07, 6.45) is 9.21. The highest BCUT2D eigenvalue weighted by molar-refractivity contribution is 5.04. The van der Waals surface area contributed by atoms with Crippen LogP contribution in [0, 0.1) is 22.7 Å². The van der Waals surface area contributed by atoms with Crippen molar-refractivity contribution in [1.29, 1.82) is 0 Å². The Morgan fingerprint density at radius 2 is 1.68 bits per heavy atom. The van der Waals surface area contributed by atoms with Crippen LogP contribution in [0.1, 0.15) is 92.4 Å². The standard InChI is InChI=1S/C22H42O3/c1-6-12-22(24,13-7-2)16-25-15-20(3,4)19-11-10-17-18(23)9-8-14-21(17,19)5/h17-19,23-24H,6-16H2,1-5H3/t17-,18-,19+,21-/m0/s1. The molecule has 0 aromatic carbocycles. The Morgan fingerprint density at radius 1 is 1.04 bits per heavy atom. The minimum Gasteiger partial charge on any atom is -0.393 e. The average Bonchev–Trinajstić information content (AvgIpc) is 2.86. The van der Waals surface area contributed by atoms with E-state index in [0.29, 0.717) is 25.0 Å². The first-order valence-corrected chi connectivity index (χ1v) is 10.7. The monoisotopic (exact) mass is 354 g/mol. The van der Waals surface area contributed by atoms with Crippen LogP contribution in [-0.4, -0.2) is 35.1 Å². The molecule has 148 valence electrons. The third-order valence-electron chi connectivity index (χ3n) is 7.31. The van der Waals surface area contributed by atoms with Crippen LogP contribution in [0.25, 0.3) is 0 Å². The lowest BCUT2D eigenvalue weighted by atomic mass is 9.58. The van der Waals surface area contributed by atoms with Crippen molar-refractivity contribution in [3.8, 4) is 0 Å². The van der Waals surface area contributed by atoms with Crippen LogP contribution in [-0.2, 0) is 4.74 Å². The van der Waals surface area contributed by atoms with Gasteiger partial charge >= 0.3 is 0 Å². The molecule has 2 aliphatic carbocycles. The van der Waals surface area contributed by atoms with Crippen LogP contribution in [0.4, 0.5) is 0 Å². The van der Waals surface area contributed by atoms with E-state index in [9.17, 15) is 10.2 Å². The molecule has 3 nitrogen and oxygen atoms in total. The second kappa shape index (κ2) is 8.27. The van der Waals surface area contributed by atoms with Crippen molar-refractivity contribution >= 4 is 0 Å². The van der Waals surface area contributed by atoms with Crippen LogP contribution < -0.4 is 0 Å². The highest BCUT2D eigenvalue weighted by Gasteiger charge is 2.55. The Hall–Kier alpha value is -0.120. The fourth-order valence-electron chi connectivity index (χ4n) is 6.24. The molecule has 2 rings (SSSR count). The van der Waals surface area contributed by atoms with Crippen LogP contribution in [0.3, 0.4) is 0 Å². The number of aliphatic hydroxyl groups is 2. The van der Waals surface area contributed by atoms with Gasteiger partial charge < -0.3 is 14.9 Å². The zero-order valence-corrected chi connectivity index (χ0v) is 17.3. The van der Waals surface area contributed by atoms with E-state index in [0.717, 1.165) is 44.9 Å². The van der Waals surface area contributed by atoms with E-state index in [4.69, 9.17) is 4.74 Å². The maximum absolute atomic E-state index is 10.8. The van der Waals surface area contributed by atoms with Gasteiger partial charge in [0.1, 0.15) is 0 Å². The molecule has 4 atom stereocenters. The van der Waals surface area contributed by atoms with Crippen molar-refractivity contribution in [3.05, 3.63) is 0 Å². The van der Waals surface area contributed by atoms with Crippen molar-refractivity contribution in [2.75, 3.05) is 13.2 Å². The van der Waals surface area contributed by atoms with Crippen molar-refractivity contribution in [2.45, 2.75) is 104 Å². The molecule has 0 saturated heterocycles. The van der Waals surface area contributed by atoms with E-state index in [1.165, 1.54) is 12.8 Å². The van der Waals surface area contributed by atoms with Crippen LogP contribution in [0.5, 0.6) is 0 Å². The van der Waals surface area contributed by atoms with E-state index >= 15 is 0 Å². The largest absolute Gasteiger partial charge is 0.393 e. The van der Waals surface area contributed by atoms with Gasteiger partial charge in [-0.2, -0.15) is 0 Å². The minimum atomic E-state index is -0.664. The molecule has 2 aliphatic rings. The molecule has 0 amide bonds. The van der Waals surface area contributed by atoms with Gasteiger partial charge in [-0.3, -0.25) is 0 Å². The van der Waals surface area contributed by atoms with Gasteiger partial charge in [0.15, 0.2) is 0 Å². The summed E-state index contributed by atoms with van der Waals surface area (Å²) in [5.41, 5.74) is -0.337. The maximum atomic E-state index is 10.8. The van der Waals surface area contributed by atoms with Gasteiger partial charge in [-0.25, -0.2) is 0 Å². The van der Waals surface area contributed by atoms with Crippen LogP contribution in [0.15, 0.2) is 0 Å². The molecule has 0 unspecified atom stereocenters. The summed E-state index contributed by atoms with van der Waals surface area (Å²) in [6.45, 7) is 12.5. The summed E-state index contributed by atoms with van der Waals surface area (Å²) < 4.78 is 6.12. The molecular weight excluding hydrogens is 312 g/mol. The van der Waals surface area contributed by atoms with Crippen molar-refractivity contribution in [2.24, 2.45) is 22.7 Å². The summed E-state index contributed by atoms with van der Waals surface area (Å²) in [5, 5.41) is 21.3. The van der Waals surface area contributed by atoms with Crippen molar-refractivity contribution in [1.82, 2.24) is 0 Å². The lowest BCUT2D eigenvalue weighted by Gasteiger charge is -2.48. The van der Waals surface area contributed by atoms with E-state index in [1.807, 2.05) is 0 Å². The lowest BCUT2D eigenvalue weighted by Crippen LogP contribution is -2.46. The molecule has 0 bridgehead atoms. The minimum absolute atomic E-state index is 0.0832. The smallest absolute Gasteiger partial charge is 0.0880 e. The van der Waals surface area contributed by atoms with E-state index < -0.39 is 5.60 Å². The zero-order valence-electron chi connectivity index (χ0n) is 17.3. The van der Waals surface area contributed by atoms with Gasteiger partial charge in [0.2, 0.25) is 0 Å². The Kier molecular flexibility index (Phi) is 7.01. The highest BCUT2D eigenvalue weighted by atomic mass is 16.5. The van der Waals surface area contributed by atoms with Gasteiger partial charge in [-0.15, -0.1) is 0 Å². The predicted molar refractivity (Wildman–Crippen MR) is 104 cm³/mol. The third kappa shape index (κ3) is 4.59. The van der Waals surface area contributed by atoms with Gasteiger partial charge in [0.25, 0.3) is 0 Å². The molecule has 2 fully saturated rings. The van der Waals surface area contributed by atoms with Crippen molar-refractivity contribution in [3.63, 3.8) is 0 Å². The topological polar surface area (TPSA) is 49.7 Å². The first kappa shape index (κ1) is 21.2.